The van der Waals surface area contributed by atoms with Gasteiger partial charge in [-0.25, -0.2) is 0 Å². The Morgan fingerprint density at radius 2 is 1.09 bits per heavy atom. The van der Waals surface area contributed by atoms with Gasteiger partial charge in [-0.3, -0.25) is 4.79 Å². The number of hydrogen-bond donors (Lipinski definition) is 13. The summed E-state index contributed by atoms with van der Waals surface area (Å²) >= 11 is 0. The molecule has 75 heavy (non-hydrogen) atoms. The van der Waals surface area contributed by atoms with Crippen LogP contribution >= 0.6 is 0 Å². The molecule has 430 valence electrons. The fourth-order valence-electron chi connectivity index (χ4n) is 15.8. The highest BCUT2D eigenvalue weighted by molar-refractivity contribution is 5.87. The highest BCUT2D eigenvalue weighted by atomic mass is 16.8. The van der Waals surface area contributed by atoms with E-state index in [2.05, 4.69) is 27.7 Å². The molecule has 6 saturated heterocycles. The molecular weight excluding hydrogens is 997 g/mol. The Kier molecular flexibility index (Phi) is 16.7. The molecule has 0 aromatic carbocycles. The summed E-state index contributed by atoms with van der Waals surface area (Å²) in [6, 6.07) is 0. The van der Waals surface area contributed by atoms with Crippen molar-refractivity contribution in [1.82, 2.24) is 0 Å². The number of rotatable bonds is 12. The molecule has 10 aliphatic rings. The summed E-state index contributed by atoms with van der Waals surface area (Å²) in [4.78, 5) is 14.7. The van der Waals surface area contributed by atoms with Crippen molar-refractivity contribution in [2.75, 3.05) is 33.0 Å². The number of carbonyl (C=O) groups is 1. The van der Waals surface area contributed by atoms with Crippen LogP contribution in [0.2, 0.25) is 0 Å². The summed E-state index contributed by atoms with van der Waals surface area (Å²) in [6.45, 7) is 6.12. The normalized spacial score (nSPS) is 57.0. The fraction of sp³-hybridized carbons (Fsp3) is 0.980. The minimum absolute atomic E-state index is 0.0198. The molecule has 0 radical (unpaired) electrons. The second kappa shape index (κ2) is 21.9. The van der Waals surface area contributed by atoms with E-state index in [1.807, 2.05) is 0 Å². The zero-order valence-electron chi connectivity index (χ0n) is 42.9. The van der Waals surface area contributed by atoms with E-state index in [-0.39, 0.29) is 41.1 Å². The molecule has 1 spiro atoms. The molecule has 6 heterocycles. The second-order valence-corrected chi connectivity index (χ2v) is 24.2. The molecule has 6 aliphatic heterocycles. The smallest absolute Gasteiger partial charge is 0.187 e. The van der Waals surface area contributed by atoms with Crippen molar-refractivity contribution >= 4 is 5.78 Å². The maximum absolute atomic E-state index is 14.7. The molecule has 24 nitrogen and oxygen atoms in total. The van der Waals surface area contributed by atoms with Crippen LogP contribution in [0.1, 0.15) is 85.5 Å². The SMILES string of the molecule is CC1CCC2(OC1)OC1CC3C4CCC5CC(OC6OC(CO)C(OC7OC(CO)C(O)C(OC8OC(CO)C(O)C(O)C8O)C7OC7OC(CO)C(O)C(O)C7O)C(O)C6O)CCC5(C)C4CC(=O)C3(C)C1C2C. The summed E-state index contributed by atoms with van der Waals surface area (Å²) in [5, 5.41) is 140. The maximum atomic E-state index is 14.7. The third kappa shape index (κ3) is 9.60. The van der Waals surface area contributed by atoms with E-state index in [1.54, 1.807) is 0 Å². The molecule has 0 aromatic rings. The van der Waals surface area contributed by atoms with Gasteiger partial charge in [0.05, 0.1) is 45.2 Å². The van der Waals surface area contributed by atoms with E-state index in [0.29, 0.717) is 43.5 Å². The first kappa shape index (κ1) is 57.0. The third-order valence-electron chi connectivity index (χ3n) is 20.3. The van der Waals surface area contributed by atoms with Gasteiger partial charge in [0.15, 0.2) is 30.9 Å². The van der Waals surface area contributed by atoms with Gasteiger partial charge in [-0.15, -0.1) is 0 Å². The van der Waals surface area contributed by atoms with E-state index in [0.717, 1.165) is 38.5 Å². The lowest BCUT2D eigenvalue weighted by Gasteiger charge is -2.60. The molecule has 10 fully saturated rings. The van der Waals surface area contributed by atoms with Crippen LogP contribution in [0.3, 0.4) is 0 Å². The summed E-state index contributed by atoms with van der Waals surface area (Å²) in [6.07, 6.45) is -29.7. The predicted octanol–water partition coefficient (Wildman–Crippen LogP) is -3.73. The lowest BCUT2D eigenvalue weighted by Crippen LogP contribution is -2.68. The number of aliphatic hydroxyl groups is 13. The van der Waals surface area contributed by atoms with E-state index < -0.39 is 167 Å². The molecular formula is C51H82O24. The number of Topliss-reactive ketones (excluding diaryl/α,β-unsaturated/α-hetero) is 1. The molecule has 10 rings (SSSR count). The van der Waals surface area contributed by atoms with Crippen LogP contribution in [0.15, 0.2) is 0 Å². The Balaban J connectivity index is 0.827. The van der Waals surface area contributed by atoms with Gasteiger partial charge in [-0.1, -0.05) is 27.7 Å². The topological polar surface area (TPSA) is 372 Å². The first-order valence-corrected chi connectivity index (χ1v) is 27.3. The van der Waals surface area contributed by atoms with Crippen LogP contribution in [0, 0.1) is 52.3 Å². The zero-order valence-corrected chi connectivity index (χ0v) is 42.9. The monoisotopic (exact) mass is 1080 g/mol. The van der Waals surface area contributed by atoms with Gasteiger partial charge in [-0.05, 0) is 80.0 Å². The van der Waals surface area contributed by atoms with E-state index in [1.165, 1.54) is 0 Å². The van der Waals surface area contributed by atoms with Crippen LogP contribution in [0.5, 0.6) is 0 Å². The van der Waals surface area contributed by atoms with Crippen LogP contribution < -0.4 is 0 Å². The van der Waals surface area contributed by atoms with Crippen LogP contribution in [0.4, 0.5) is 0 Å². The Hall–Kier alpha value is -1.25. The van der Waals surface area contributed by atoms with E-state index in [9.17, 15) is 71.2 Å². The number of fused-ring (bicyclic) bond motifs is 7. The number of hydrogen-bond acceptors (Lipinski definition) is 24. The van der Waals surface area contributed by atoms with Gasteiger partial charge in [0.2, 0.25) is 0 Å². The Bertz CT molecular complexity index is 1960. The Labute approximate surface area is 435 Å². The number of aliphatic hydroxyl groups excluding tert-OH is 13. The summed E-state index contributed by atoms with van der Waals surface area (Å²) in [5.41, 5.74) is -0.651. The fourth-order valence-corrected chi connectivity index (χ4v) is 15.8. The van der Waals surface area contributed by atoms with E-state index >= 15 is 0 Å². The van der Waals surface area contributed by atoms with Crippen molar-refractivity contribution in [3.63, 3.8) is 0 Å². The summed E-state index contributed by atoms with van der Waals surface area (Å²) in [7, 11) is 0. The lowest BCUT2D eigenvalue weighted by atomic mass is 9.44. The summed E-state index contributed by atoms with van der Waals surface area (Å²) in [5.74, 6) is 1.32. The predicted molar refractivity (Wildman–Crippen MR) is 249 cm³/mol. The molecule has 0 aromatic heterocycles. The van der Waals surface area contributed by atoms with Gasteiger partial charge in [-0.2, -0.15) is 0 Å². The zero-order chi connectivity index (χ0) is 53.8. The number of carbonyl (C=O) groups excluding carboxylic acids is 1. The number of ketones is 1. The largest absolute Gasteiger partial charge is 0.394 e. The van der Waals surface area contributed by atoms with Gasteiger partial charge in [0, 0.05) is 30.1 Å². The van der Waals surface area contributed by atoms with Gasteiger partial charge < -0.3 is 114 Å². The minimum atomic E-state index is -2.05. The molecule has 4 aliphatic carbocycles. The van der Waals surface area contributed by atoms with Crippen LogP contribution in [0.25, 0.3) is 0 Å². The molecule has 32 atom stereocenters. The third-order valence-corrected chi connectivity index (χ3v) is 20.3. The van der Waals surface area contributed by atoms with Gasteiger partial charge in [0.1, 0.15) is 103 Å². The first-order chi connectivity index (χ1) is 35.6. The Morgan fingerprint density at radius 3 is 1.69 bits per heavy atom. The van der Waals surface area contributed by atoms with Crippen molar-refractivity contribution in [3.05, 3.63) is 0 Å². The van der Waals surface area contributed by atoms with Gasteiger partial charge >= 0.3 is 0 Å². The van der Waals surface area contributed by atoms with Crippen molar-refractivity contribution in [2.45, 2.75) is 226 Å². The number of ether oxygens (including phenoxy) is 10. The molecule has 0 bridgehead atoms. The molecule has 24 heteroatoms. The van der Waals surface area contributed by atoms with Crippen molar-refractivity contribution < 1.29 is 119 Å². The van der Waals surface area contributed by atoms with Crippen molar-refractivity contribution in [3.8, 4) is 0 Å². The van der Waals surface area contributed by atoms with E-state index in [4.69, 9.17) is 47.4 Å². The Morgan fingerprint density at radius 1 is 0.547 bits per heavy atom. The molecule has 4 saturated carbocycles. The van der Waals surface area contributed by atoms with Crippen LogP contribution in [-0.4, -0.2) is 246 Å². The highest BCUT2D eigenvalue weighted by Gasteiger charge is 2.72. The van der Waals surface area contributed by atoms with Crippen LogP contribution in [-0.2, 0) is 52.2 Å². The van der Waals surface area contributed by atoms with Gasteiger partial charge in [0.25, 0.3) is 0 Å². The second-order valence-electron chi connectivity index (χ2n) is 24.2. The highest BCUT2D eigenvalue weighted by Crippen LogP contribution is 2.70. The average Bonchev–Trinajstić information content (AvgIpc) is 3.87. The molecule has 32 unspecified atom stereocenters. The first-order valence-electron chi connectivity index (χ1n) is 27.3. The molecule has 0 amide bonds. The molecule has 13 N–H and O–H groups in total. The maximum Gasteiger partial charge on any atom is 0.187 e. The van der Waals surface area contributed by atoms with Crippen molar-refractivity contribution in [1.29, 1.82) is 0 Å². The quantitative estimate of drug-likeness (QED) is 0.0836. The standard InChI is InChI=1S/C51H82O24/c1-19-7-10-51(66-18-19)20(2)32-26(75-51)12-25-23-6-5-21-11-22(8-9-49(21,3)24(23)13-31(56)50(25,32)4)67-45-41(65)38(62)42(30(17-55)71-45)72-48-44(74-47-40(64)37(61)34(58)28(15-53)69-47)43(35(59)29(16-54)70-48)73-46-39(63)36(60)33(57)27(14-52)68-46/h19-30,32-48,52-55,57-65H,5-18H2,1-4H3. The lowest BCUT2D eigenvalue weighted by molar-refractivity contribution is -0.406. The summed E-state index contributed by atoms with van der Waals surface area (Å²) < 4.78 is 61.2. The minimum Gasteiger partial charge on any atom is -0.394 e. The average molecular weight is 1080 g/mol. The van der Waals surface area contributed by atoms with Crippen molar-refractivity contribution in [2.24, 2.45) is 52.3 Å².